The molecule has 0 unspecified atom stereocenters. The molecule has 2 fully saturated rings. The normalized spacial score (nSPS) is 16.5. The van der Waals surface area contributed by atoms with Crippen molar-refractivity contribution in [3.8, 4) is 29.0 Å². The van der Waals surface area contributed by atoms with Crippen molar-refractivity contribution in [3.63, 3.8) is 0 Å². The van der Waals surface area contributed by atoms with Crippen molar-refractivity contribution in [2.24, 2.45) is 0 Å². The van der Waals surface area contributed by atoms with E-state index in [2.05, 4.69) is 30.8 Å². The molecule has 5 rings (SSSR count). The fourth-order valence-electron chi connectivity index (χ4n) is 4.36. The molecule has 0 amide bonds. The largest absolute Gasteiger partial charge is 0.456 e. The van der Waals surface area contributed by atoms with Crippen LogP contribution in [0, 0.1) is 18.3 Å². The van der Waals surface area contributed by atoms with Crippen LogP contribution >= 0.6 is 0 Å². The Morgan fingerprint density at radius 3 is 2.42 bits per heavy atom. The number of benzene rings is 1. The van der Waals surface area contributed by atoms with Gasteiger partial charge in [0.25, 0.3) is 0 Å². The summed E-state index contributed by atoms with van der Waals surface area (Å²) in [6.45, 7) is 9.36. The smallest absolute Gasteiger partial charge is 0.162 e. The Hall–Kier alpha value is -3.58. The van der Waals surface area contributed by atoms with E-state index >= 15 is 0 Å². The molecule has 3 aromatic rings. The summed E-state index contributed by atoms with van der Waals surface area (Å²) in [5.74, 6) is 2.60. The second kappa shape index (κ2) is 11.4. The molecule has 2 saturated heterocycles. The molecule has 0 saturated carbocycles. The second-order valence-corrected chi connectivity index (χ2v) is 8.95. The highest BCUT2D eigenvalue weighted by atomic mass is 16.5. The average Bonchev–Trinajstić information content (AvgIpc) is 2.93. The zero-order valence-corrected chi connectivity index (χ0v) is 20.5. The first-order valence-corrected chi connectivity index (χ1v) is 12.3. The van der Waals surface area contributed by atoms with Crippen LogP contribution in [-0.2, 0) is 15.9 Å². The topological polar surface area (TPSA) is 96.6 Å². The van der Waals surface area contributed by atoms with E-state index in [4.69, 9.17) is 14.2 Å². The Morgan fingerprint density at radius 2 is 1.69 bits per heavy atom. The molecule has 0 N–H and O–H groups in total. The molecule has 186 valence electrons. The lowest BCUT2D eigenvalue weighted by molar-refractivity contribution is 0.0384. The molecule has 4 heterocycles. The molecule has 36 heavy (non-hydrogen) atoms. The van der Waals surface area contributed by atoms with E-state index in [9.17, 15) is 5.26 Å². The number of anilines is 1. The molecule has 1 aromatic carbocycles. The van der Waals surface area contributed by atoms with Gasteiger partial charge in [0.05, 0.1) is 43.6 Å². The molecule has 9 nitrogen and oxygen atoms in total. The summed E-state index contributed by atoms with van der Waals surface area (Å²) >= 11 is 0. The first kappa shape index (κ1) is 24.1. The number of rotatable bonds is 7. The second-order valence-electron chi connectivity index (χ2n) is 8.95. The summed E-state index contributed by atoms with van der Waals surface area (Å²) in [4.78, 5) is 18.5. The highest BCUT2D eigenvalue weighted by Crippen LogP contribution is 2.34. The Bertz CT molecular complexity index is 1220. The highest BCUT2D eigenvalue weighted by molar-refractivity contribution is 5.66. The van der Waals surface area contributed by atoms with Gasteiger partial charge in [-0.25, -0.2) is 15.0 Å². The molecule has 0 aliphatic carbocycles. The standard InChI is InChI=1S/C27H30N6O3/c1-20-14-23(16-26(31-20)33-8-12-35-13-9-33)36-25-15-21(17-28)2-3-24(25)27-29-18-22(19-30-27)4-5-32-6-10-34-11-7-32/h2-3,14-16,18-19H,4-13H2,1H3. The number of aromatic nitrogens is 3. The first-order chi connectivity index (χ1) is 17.7. The van der Waals surface area contributed by atoms with Crippen LogP contribution in [0.1, 0.15) is 16.8 Å². The van der Waals surface area contributed by atoms with Crippen LogP contribution in [-0.4, -0.2) is 79.0 Å². The molecule has 9 heteroatoms. The van der Waals surface area contributed by atoms with E-state index in [1.165, 1.54) is 0 Å². The van der Waals surface area contributed by atoms with Crippen LogP contribution in [0.25, 0.3) is 11.4 Å². The van der Waals surface area contributed by atoms with Gasteiger partial charge in [0, 0.05) is 62.9 Å². The van der Waals surface area contributed by atoms with E-state index in [0.29, 0.717) is 36.1 Å². The Morgan fingerprint density at radius 1 is 0.972 bits per heavy atom. The molecule has 2 aliphatic rings. The molecule has 0 bridgehead atoms. The lowest BCUT2D eigenvalue weighted by Gasteiger charge is -2.28. The van der Waals surface area contributed by atoms with Gasteiger partial charge in [-0.2, -0.15) is 5.26 Å². The zero-order valence-electron chi connectivity index (χ0n) is 20.5. The van der Waals surface area contributed by atoms with Gasteiger partial charge in [0.15, 0.2) is 5.82 Å². The van der Waals surface area contributed by atoms with Gasteiger partial charge in [-0.1, -0.05) is 0 Å². The van der Waals surface area contributed by atoms with E-state index in [1.807, 2.05) is 37.5 Å². The summed E-state index contributed by atoms with van der Waals surface area (Å²) in [5, 5.41) is 9.47. The van der Waals surface area contributed by atoms with Crippen molar-refractivity contribution in [1.29, 1.82) is 5.26 Å². The fourth-order valence-corrected chi connectivity index (χ4v) is 4.36. The number of hydrogen-bond donors (Lipinski definition) is 0. The molecule has 0 atom stereocenters. The van der Waals surface area contributed by atoms with Gasteiger partial charge in [-0.15, -0.1) is 0 Å². The third-order valence-corrected chi connectivity index (χ3v) is 6.35. The third kappa shape index (κ3) is 5.97. The third-order valence-electron chi connectivity index (χ3n) is 6.35. The fraction of sp³-hybridized carbons (Fsp3) is 0.407. The first-order valence-electron chi connectivity index (χ1n) is 12.3. The number of pyridine rings is 1. The molecular formula is C27H30N6O3. The predicted octanol–water partition coefficient (Wildman–Crippen LogP) is 3.22. The van der Waals surface area contributed by atoms with Gasteiger partial charge in [-0.05, 0) is 37.1 Å². The minimum absolute atomic E-state index is 0.509. The van der Waals surface area contributed by atoms with Crippen molar-refractivity contribution in [1.82, 2.24) is 19.9 Å². The number of aryl methyl sites for hydroxylation is 1. The SMILES string of the molecule is Cc1cc(Oc2cc(C#N)ccc2-c2ncc(CCN3CCOCC3)cn2)cc(N2CCOCC2)n1. The maximum Gasteiger partial charge on any atom is 0.162 e. The number of nitriles is 1. The molecule has 2 aromatic heterocycles. The van der Waals surface area contributed by atoms with E-state index in [-0.39, 0.29) is 0 Å². The van der Waals surface area contributed by atoms with Crippen LogP contribution in [0.5, 0.6) is 11.5 Å². The minimum Gasteiger partial charge on any atom is -0.456 e. The van der Waals surface area contributed by atoms with Crippen LogP contribution < -0.4 is 9.64 Å². The summed E-state index contributed by atoms with van der Waals surface area (Å²) in [6.07, 6.45) is 4.63. The van der Waals surface area contributed by atoms with Gasteiger partial charge in [0.1, 0.15) is 17.3 Å². The molecule has 2 aliphatic heterocycles. The van der Waals surface area contributed by atoms with Crippen molar-refractivity contribution < 1.29 is 14.2 Å². The van der Waals surface area contributed by atoms with Gasteiger partial charge in [-0.3, -0.25) is 4.90 Å². The summed E-state index contributed by atoms with van der Waals surface area (Å²) in [5.41, 5.74) is 3.18. The maximum absolute atomic E-state index is 9.47. The monoisotopic (exact) mass is 486 g/mol. The summed E-state index contributed by atoms with van der Waals surface area (Å²) < 4.78 is 17.2. The van der Waals surface area contributed by atoms with Crippen molar-refractivity contribution in [2.45, 2.75) is 13.3 Å². The molecule has 0 radical (unpaired) electrons. The number of hydrogen-bond acceptors (Lipinski definition) is 9. The predicted molar refractivity (Wildman–Crippen MR) is 135 cm³/mol. The maximum atomic E-state index is 9.47. The van der Waals surface area contributed by atoms with E-state index < -0.39 is 0 Å². The number of nitrogens with zero attached hydrogens (tertiary/aromatic N) is 6. The number of morpholine rings is 2. The quantitative estimate of drug-likeness (QED) is 0.499. The van der Waals surface area contributed by atoms with Crippen LogP contribution in [0.4, 0.5) is 5.82 Å². The van der Waals surface area contributed by atoms with Crippen molar-refractivity contribution >= 4 is 5.82 Å². The van der Waals surface area contributed by atoms with Crippen molar-refractivity contribution in [2.75, 3.05) is 64.1 Å². The molecular weight excluding hydrogens is 456 g/mol. The van der Waals surface area contributed by atoms with Gasteiger partial charge < -0.3 is 19.1 Å². The average molecular weight is 487 g/mol. The summed E-state index contributed by atoms with van der Waals surface area (Å²) in [7, 11) is 0. The summed E-state index contributed by atoms with van der Waals surface area (Å²) in [6, 6.07) is 11.3. The van der Waals surface area contributed by atoms with E-state index in [0.717, 1.165) is 75.0 Å². The Balaban J connectivity index is 1.36. The van der Waals surface area contributed by atoms with Crippen LogP contribution in [0.3, 0.4) is 0 Å². The lowest BCUT2D eigenvalue weighted by Crippen LogP contribution is -2.37. The number of ether oxygens (including phenoxy) is 3. The molecule has 0 spiro atoms. The van der Waals surface area contributed by atoms with Crippen molar-refractivity contribution in [3.05, 3.63) is 59.5 Å². The Kier molecular flexibility index (Phi) is 7.67. The zero-order chi connectivity index (χ0) is 24.7. The van der Waals surface area contributed by atoms with E-state index in [1.54, 1.807) is 12.1 Å². The highest BCUT2D eigenvalue weighted by Gasteiger charge is 2.17. The Labute approximate surface area is 211 Å². The van der Waals surface area contributed by atoms with Crippen LogP contribution in [0.2, 0.25) is 0 Å². The lowest BCUT2D eigenvalue weighted by atomic mass is 10.1. The minimum atomic E-state index is 0.509. The van der Waals surface area contributed by atoms with Gasteiger partial charge >= 0.3 is 0 Å². The van der Waals surface area contributed by atoms with Crippen LogP contribution in [0.15, 0.2) is 42.7 Å². The van der Waals surface area contributed by atoms with Gasteiger partial charge in [0.2, 0.25) is 0 Å².